The van der Waals surface area contributed by atoms with Gasteiger partial charge in [0.25, 0.3) is 11.8 Å². The molecule has 3 aromatic rings. The van der Waals surface area contributed by atoms with Gasteiger partial charge < -0.3 is 24.7 Å². The number of hydrogen-bond acceptors (Lipinski definition) is 6. The Kier molecular flexibility index (Phi) is 8.02. The number of carbonyl (C=O) groups is 3. The normalized spacial score (nSPS) is 13.8. The molecule has 0 radical (unpaired) electrons. The Bertz CT molecular complexity index is 1210. The fourth-order valence-corrected chi connectivity index (χ4v) is 4.01. The van der Waals surface area contributed by atoms with Crippen LogP contribution in [0.5, 0.6) is 5.75 Å². The van der Waals surface area contributed by atoms with Crippen LogP contribution < -0.4 is 15.4 Å². The Morgan fingerprint density at radius 2 is 1.64 bits per heavy atom. The molecular formula is C27H30N4O5. The van der Waals surface area contributed by atoms with Crippen LogP contribution in [-0.4, -0.2) is 67.4 Å². The third-order valence-electron chi connectivity index (χ3n) is 6.05. The first kappa shape index (κ1) is 25.0. The number of benzene rings is 2. The van der Waals surface area contributed by atoms with Gasteiger partial charge in [-0.3, -0.25) is 19.3 Å². The SMILES string of the molecule is COc1ccccc1NC(=O)c1ccc(NC(=O)CCN2CCN(C(=O)c3ccc(C)o3)CC2)cc1. The number of para-hydroxylation sites is 2. The predicted octanol–water partition coefficient (Wildman–Crippen LogP) is 3.64. The number of aryl methyl sites for hydroxylation is 1. The minimum atomic E-state index is -0.266. The van der Waals surface area contributed by atoms with E-state index in [1.165, 1.54) is 0 Å². The lowest BCUT2D eigenvalue weighted by Crippen LogP contribution is -2.49. The first-order valence-corrected chi connectivity index (χ1v) is 11.9. The first-order chi connectivity index (χ1) is 17.4. The van der Waals surface area contributed by atoms with E-state index in [1.54, 1.807) is 60.5 Å². The minimum Gasteiger partial charge on any atom is -0.495 e. The molecule has 9 nitrogen and oxygen atoms in total. The molecule has 1 aliphatic heterocycles. The number of anilines is 2. The maximum Gasteiger partial charge on any atom is 0.289 e. The summed E-state index contributed by atoms with van der Waals surface area (Å²) in [6, 6.07) is 17.4. The number of piperazine rings is 1. The molecule has 2 heterocycles. The maximum absolute atomic E-state index is 12.6. The van der Waals surface area contributed by atoms with Gasteiger partial charge in [-0.15, -0.1) is 0 Å². The van der Waals surface area contributed by atoms with Crippen molar-refractivity contribution in [2.24, 2.45) is 0 Å². The van der Waals surface area contributed by atoms with E-state index in [9.17, 15) is 14.4 Å². The molecule has 0 spiro atoms. The number of carbonyl (C=O) groups excluding carboxylic acids is 3. The van der Waals surface area contributed by atoms with Crippen LogP contribution in [0.2, 0.25) is 0 Å². The van der Waals surface area contributed by atoms with Crippen LogP contribution in [0, 0.1) is 6.92 Å². The summed E-state index contributed by atoms with van der Waals surface area (Å²) in [6.45, 7) is 5.02. The monoisotopic (exact) mass is 490 g/mol. The zero-order chi connectivity index (χ0) is 25.5. The van der Waals surface area contributed by atoms with E-state index in [1.807, 2.05) is 19.1 Å². The van der Waals surface area contributed by atoms with Crippen LogP contribution >= 0.6 is 0 Å². The first-order valence-electron chi connectivity index (χ1n) is 11.9. The van der Waals surface area contributed by atoms with Crippen molar-refractivity contribution < 1.29 is 23.5 Å². The van der Waals surface area contributed by atoms with E-state index in [0.29, 0.717) is 73.4 Å². The number of hydrogen-bond donors (Lipinski definition) is 2. The highest BCUT2D eigenvalue weighted by molar-refractivity contribution is 6.05. The van der Waals surface area contributed by atoms with Gasteiger partial charge in [0.2, 0.25) is 5.91 Å². The molecule has 1 aromatic heterocycles. The molecule has 9 heteroatoms. The summed E-state index contributed by atoms with van der Waals surface area (Å²) in [5, 5.41) is 5.70. The quantitative estimate of drug-likeness (QED) is 0.500. The molecule has 36 heavy (non-hydrogen) atoms. The number of methoxy groups -OCH3 is 1. The van der Waals surface area contributed by atoms with Crippen molar-refractivity contribution in [1.82, 2.24) is 9.80 Å². The lowest BCUT2D eigenvalue weighted by Gasteiger charge is -2.34. The standard InChI is InChI=1S/C27H30N4O5/c1-19-7-12-24(36-19)27(34)31-17-15-30(16-18-31)14-13-25(32)28-21-10-8-20(9-11-21)26(33)29-22-5-3-4-6-23(22)35-2/h3-12H,13-18H2,1-2H3,(H,28,32)(H,29,33). The lowest BCUT2D eigenvalue weighted by molar-refractivity contribution is -0.116. The number of nitrogens with one attached hydrogen (secondary N) is 2. The summed E-state index contributed by atoms with van der Waals surface area (Å²) in [6.07, 6.45) is 0.335. The molecule has 3 amide bonds. The zero-order valence-electron chi connectivity index (χ0n) is 20.5. The average Bonchev–Trinajstić information content (AvgIpc) is 3.34. The fourth-order valence-electron chi connectivity index (χ4n) is 4.01. The molecule has 4 rings (SSSR count). The van der Waals surface area contributed by atoms with Gasteiger partial charge in [-0.2, -0.15) is 0 Å². The average molecular weight is 491 g/mol. The van der Waals surface area contributed by atoms with E-state index in [4.69, 9.17) is 9.15 Å². The molecule has 1 saturated heterocycles. The van der Waals surface area contributed by atoms with Crippen molar-refractivity contribution in [1.29, 1.82) is 0 Å². The minimum absolute atomic E-state index is 0.0967. The Hall–Kier alpha value is -4.11. The number of nitrogens with zero attached hydrogens (tertiary/aromatic N) is 2. The molecular weight excluding hydrogens is 460 g/mol. The van der Waals surface area contributed by atoms with Gasteiger partial charge in [-0.25, -0.2) is 0 Å². The van der Waals surface area contributed by atoms with E-state index < -0.39 is 0 Å². The zero-order valence-corrected chi connectivity index (χ0v) is 20.5. The number of amides is 3. The van der Waals surface area contributed by atoms with Crippen LogP contribution in [0.25, 0.3) is 0 Å². The summed E-state index contributed by atoms with van der Waals surface area (Å²) in [5.41, 5.74) is 1.68. The Morgan fingerprint density at radius 1 is 0.917 bits per heavy atom. The van der Waals surface area contributed by atoms with Gasteiger partial charge in [0, 0.05) is 50.4 Å². The largest absolute Gasteiger partial charge is 0.495 e. The highest BCUT2D eigenvalue weighted by Gasteiger charge is 2.24. The predicted molar refractivity (Wildman–Crippen MR) is 136 cm³/mol. The van der Waals surface area contributed by atoms with Gasteiger partial charge in [-0.1, -0.05) is 12.1 Å². The van der Waals surface area contributed by atoms with Crippen LogP contribution in [-0.2, 0) is 4.79 Å². The molecule has 188 valence electrons. The van der Waals surface area contributed by atoms with Crippen molar-refractivity contribution in [2.45, 2.75) is 13.3 Å². The van der Waals surface area contributed by atoms with Gasteiger partial charge in [0.05, 0.1) is 12.8 Å². The summed E-state index contributed by atoms with van der Waals surface area (Å²) in [4.78, 5) is 41.4. The highest BCUT2D eigenvalue weighted by Crippen LogP contribution is 2.24. The third-order valence-corrected chi connectivity index (χ3v) is 6.05. The number of ether oxygens (including phenoxy) is 1. The summed E-state index contributed by atoms with van der Waals surface area (Å²) in [7, 11) is 1.55. The molecule has 1 aliphatic rings. The second-order valence-electron chi connectivity index (χ2n) is 8.57. The van der Waals surface area contributed by atoms with E-state index in [0.717, 1.165) is 0 Å². The Balaban J connectivity index is 1.20. The molecule has 0 aliphatic carbocycles. The summed E-state index contributed by atoms with van der Waals surface area (Å²) in [5.74, 6) is 1.19. The van der Waals surface area contributed by atoms with Gasteiger partial charge in [0.1, 0.15) is 11.5 Å². The molecule has 0 atom stereocenters. The van der Waals surface area contributed by atoms with Crippen LogP contribution in [0.3, 0.4) is 0 Å². The maximum atomic E-state index is 12.6. The second kappa shape index (κ2) is 11.5. The molecule has 2 aromatic carbocycles. The summed E-state index contributed by atoms with van der Waals surface area (Å²) < 4.78 is 10.7. The van der Waals surface area contributed by atoms with Crippen molar-refractivity contribution in [3.63, 3.8) is 0 Å². The van der Waals surface area contributed by atoms with Crippen molar-refractivity contribution in [3.05, 3.63) is 77.7 Å². The fraction of sp³-hybridized carbons (Fsp3) is 0.296. The van der Waals surface area contributed by atoms with Crippen LogP contribution in [0.4, 0.5) is 11.4 Å². The molecule has 2 N–H and O–H groups in total. The molecule has 1 fully saturated rings. The topological polar surface area (TPSA) is 104 Å². The van der Waals surface area contributed by atoms with E-state index >= 15 is 0 Å². The number of furan rings is 1. The molecule has 0 unspecified atom stereocenters. The van der Waals surface area contributed by atoms with E-state index in [2.05, 4.69) is 15.5 Å². The summed E-state index contributed by atoms with van der Waals surface area (Å²) >= 11 is 0. The van der Waals surface area contributed by atoms with Crippen LogP contribution in [0.15, 0.2) is 65.1 Å². The van der Waals surface area contributed by atoms with Crippen LogP contribution in [0.1, 0.15) is 33.1 Å². The van der Waals surface area contributed by atoms with Gasteiger partial charge in [-0.05, 0) is 55.5 Å². The van der Waals surface area contributed by atoms with Gasteiger partial charge in [0.15, 0.2) is 5.76 Å². The Morgan fingerprint density at radius 3 is 2.31 bits per heavy atom. The Labute approximate surface area is 210 Å². The smallest absolute Gasteiger partial charge is 0.289 e. The van der Waals surface area contributed by atoms with Crippen molar-refractivity contribution in [2.75, 3.05) is 50.5 Å². The van der Waals surface area contributed by atoms with Gasteiger partial charge >= 0.3 is 0 Å². The van der Waals surface area contributed by atoms with E-state index in [-0.39, 0.29) is 17.7 Å². The number of rotatable bonds is 8. The second-order valence-corrected chi connectivity index (χ2v) is 8.57. The molecule has 0 bridgehead atoms. The van der Waals surface area contributed by atoms with Crippen molar-refractivity contribution in [3.8, 4) is 5.75 Å². The lowest BCUT2D eigenvalue weighted by atomic mass is 10.2. The molecule has 0 saturated carbocycles. The highest BCUT2D eigenvalue weighted by atomic mass is 16.5. The van der Waals surface area contributed by atoms with Crippen molar-refractivity contribution >= 4 is 29.1 Å². The third kappa shape index (κ3) is 6.31.